The molecule has 0 amide bonds. The van der Waals surface area contributed by atoms with Crippen LogP contribution in [-0.2, 0) is 10.3 Å². The Morgan fingerprint density at radius 3 is 2.56 bits per heavy atom. The van der Waals surface area contributed by atoms with Crippen LogP contribution in [0.2, 0.25) is 0 Å². The van der Waals surface area contributed by atoms with Crippen LogP contribution in [0.15, 0.2) is 11.6 Å². The molecule has 1 N–H and O–H groups in total. The lowest BCUT2D eigenvalue weighted by Crippen LogP contribution is -2.45. The zero-order valence-electron chi connectivity index (χ0n) is 10.8. The molecule has 1 heterocycles. The van der Waals surface area contributed by atoms with Gasteiger partial charge in [-0.25, -0.2) is 4.98 Å². The highest BCUT2D eigenvalue weighted by Gasteiger charge is 2.35. The number of hydrogen-bond acceptors (Lipinski definition) is 4. The first-order valence-electron chi connectivity index (χ1n) is 5.64. The van der Waals surface area contributed by atoms with E-state index in [9.17, 15) is 0 Å². The van der Waals surface area contributed by atoms with Crippen molar-refractivity contribution < 1.29 is 4.74 Å². The van der Waals surface area contributed by atoms with E-state index in [4.69, 9.17) is 4.74 Å². The summed E-state index contributed by atoms with van der Waals surface area (Å²) in [5.41, 5.74) is -0.259. The van der Waals surface area contributed by atoms with Gasteiger partial charge in [-0.15, -0.1) is 11.3 Å². The maximum absolute atomic E-state index is 5.51. The van der Waals surface area contributed by atoms with Gasteiger partial charge in [0, 0.05) is 25.1 Å². The summed E-state index contributed by atoms with van der Waals surface area (Å²) in [6.07, 6.45) is 2.76. The van der Waals surface area contributed by atoms with E-state index >= 15 is 0 Å². The molecular weight excluding hydrogens is 220 g/mol. The predicted octanol–water partition coefficient (Wildman–Crippen LogP) is 2.78. The van der Waals surface area contributed by atoms with Crippen molar-refractivity contribution in [2.75, 3.05) is 13.7 Å². The van der Waals surface area contributed by atoms with Gasteiger partial charge >= 0.3 is 0 Å². The van der Waals surface area contributed by atoms with Gasteiger partial charge in [-0.2, -0.15) is 0 Å². The van der Waals surface area contributed by atoms with Crippen molar-refractivity contribution in [2.45, 2.75) is 45.3 Å². The minimum Gasteiger partial charge on any atom is -0.379 e. The minimum absolute atomic E-state index is 0.109. The van der Waals surface area contributed by atoms with E-state index in [-0.39, 0.29) is 11.1 Å². The fraction of sp³-hybridized carbons (Fsp3) is 0.750. The van der Waals surface area contributed by atoms with Gasteiger partial charge in [-0.1, -0.05) is 6.92 Å². The van der Waals surface area contributed by atoms with Crippen molar-refractivity contribution in [1.82, 2.24) is 10.3 Å². The molecule has 92 valence electrons. The Balaban J connectivity index is 2.89. The second kappa shape index (κ2) is 5.25. The maximum Gasteiger partial charge on any atom is 0.112 e. The van der Waals surface area contributed by atoms with Crippen LogP contribution in [0.3, 0.4) is 0 Å². The van der Waals surface area contributed by atoms with Gasteiger partial charge in [0.2, 0.25) is 0 Å². The monoisotopic (exact) mass is 242 g/mol. The van der Waals surface area contributed by atoms with Crippen LogP contribution in [-0.4, -0.2) is 24.2 Å². The molecule has 0 saturated carbocycles. The standard InChI is InChI=1S/C12H22N2OS/c1-6-14-12(4,9-11(2,3)15-5)10-13-7-8-16-10/h7-8,14H,6,9H2,1-5H3. The van der Waals surface area contributed by atoms with Gasteiger partial charge in [0.25, 0.3) is 0 Å². The van der Waals surface area contributed by atoms with E-state index in [0.29, 0.717) is 0 Å². The van der Waals surface area contributed by atoms with Crippen LogP contribution < -0.4 is 5.32 Å². The summed E-state index contributed by atoms with van der Waals surface area (Å²) in [6, 6.07) is 0. The first-order chi connectivity index (χ1) is 7.43. The first-order valence-corrected chi connectivity index (χ1v) is 6.51. The fourth-order valence-electron chi connectivity index (χ4n) is 2.02. The van der Waals surface area contributed by atoms with Crippen molar-refractivity contribution in [3.63, 3.8) is 0 Å². The molecule has 0 bridgehead atoms. The zero-order chi connectivity index (χ0) is 12.2. The molecule has 1 atom stereocenters. The number of nitrogens with one attached hydrogen (secondary N) is 1. The molecule has 1 aromatic rings. The molecule has 1 rings (SSSR count). The Hall–Kier alpha value is -0.450. The topological polar surface area (TPSA) is 34.1 Å². The lowest BCUT2D eigenvalue weighted by molar-refractivity contribution is -0.00702. The summed E-state index contributed by atoms with van der Waals surface area (Å²) in [4.78, 5) is 4.43. The van der Waals surface area contributed by atoms with Gasteiger partial charge in [0.05, 0.1) is 11.1 Å². The van der Waals surface area contributed by atoms with Crippen molar-refractivity contribution >= 4 is 11.3 Å². The highest BCUT2D eigenvalue weighted by atomic mass is 32.1. The van der Waals surface area contributed by atoms with Gasteiger partial charge in [0.15, 0.2) is 0 Å². The Bertz CT molecular complexity index is 311. The molecule has 1 unspecified atom stereocenters. The molecule has 0 saturated heterocycles. The van der Waals surface area contributed by atoms with Crippen LogP contribution >= 0.6 is 11.3 Å². The normalized spacial score (nSPS) is 16.1. The molecule has 0 aliphatic heterocycles. The van der Waals surface area contributed by atoms with Gasteiger partial charge in [-0.05, 0) is 27.3 Å². The smallest absolute Gasteiger partial charge is 0.112 e. The molecule has 0 aliphatic rings. The fourth-order valence-corrected chi connectivity index (χ4v) is 2.80. The number of thiazole rings is 1. The lowest BCUT2D eigenvalue weighted by atomic mass is 9.88. The number of rotatable bonds is 6. The van der Waals surface area contributed by atoms with Crippen LogP contribution in [0.4, 0.5) is 0 Å². The molecule has 1 aromatic heterocycles. The zero-order valence-corrected chi connectivity index (χ0v) is 11.6. The number of ether oxygens (including phenoxy) is 1. The Kier molecular flexibility index (Phi) is 4.47. The lowest BCUT2D eigenvalue weighted by Gasteiger charge is -2.36. The highest BCUT2D eigenvalue weighted by molar-refractivity contribution is 7.09. The molecule has 4 heteroatoms. The third kappa shape index (κ3) is 3.27. The summed E-state index contributed by atoms with van der Waals surface area (Å²) in [6.45, 7) is 9.45. The largest absolute Gasteiger partial charge is 0.379 e. The SMILES string of the molecule is CCNC(C)(CC(C)(C)OC)c1nccs1. The molecule has 0 aliphatic carbocycles. The Labute approximate surface area is 102 Å². The van der Waals surface area contributed by atoms with Crippen LogP contribution in [0.5, 0.6) is 0 Å². The molecular formula is C12H22N2OS. The Morgan fingerprint density at radius 2 is 2.12 bits per heavy atom. The van der Waals surface area contributed by atoms with E-state index < -0.39 is 0 Å². The third-order valence-electron chi connectivity index (χ3n) is 2.80. The summed E-state index contributed by atoms with van der Waals surface area (Å²) in [7, 11) is 1.76. The summed E-state index contributed by atoms with van der Waals surface area (Å²) < 4.78 is 5.51. The van der Waals surface area contributed by atoms with Crippen molar-refractivity contribution in [3.05, 3.63) is 16.6 Å². The average molecular weight is 242 g/mol. The first kappa shape index (κ1) is 13.6. The number of nitrogens with zero attached hydrogens (tertiary/aromatic N) is 1. The third-order valence-corrected chi connectivity index (χ3v) is 3.84. The van der Waals surface area contributed by atoms with Crippen LogP contribution in [0, 0.1) is 0 Å². The number of methoxy groups -OCH3 is 1. The van der Waals surface area contributed by atoms with Gasteiger partial charge in [-0.3, -0.25) is 0 Å². The summed E-state index contributed by atoms with van der Waals surface area (Å²) >= 11 is 1.69. The quantitative estimate of drug-likeness (QED) is 0.833. The maximum atomic E-state index is 5.51. The van der Waals surface area contributed by atoms with Crippen molar-refractivity contribution in [3.8, 4) is 0 Å². The van der Waals surface area contributed by atoms with Gasteiger partial charge < -0.3 is 10.1 Å². The van der Waals surface area contributed by atoms with Crippen molar-refractivity contribution in [2.24, 2.45) is 0 Å². The van der Waals surface area contributed by atoms with Gasteiger partial charge in [0.1, 0.15) is 5.01 Å². The average Bonchev–Trinajstić information content (AvgIpc) is 2.70. The second-order valence-electron chi connectivity index (χ2n) is 4.84. The minimum atomic E-state index is -0.150. The van der Waals surface area contributed by atoms with E-state index in [0.717, 1.165) is 18.0 Å². The van der Waals surface area contributed by atoms with E-state index in [1.807, 2.05) is 11.6 Å². The summed E-state index contributed by atoms with van der Waals surface area (Å²) in [5, 5.41) is 6.66. The van der Waals surface area contributed by atoms with E-state index in [1.165, 1.54) is 0 Å². The van der Waals surface area contributed by atoms with E-state index in [1.54, 1.807) is 18.4 Å². The highest BCUT2D eigenvalue weighted by Crippen LogP contribution is 2.32. The molecule has 16 heavy (non-hydrogen) atoms. The summed E-state index contributed by atoms with van der Waals surface area (Å²) in [5.74, 6) is 0. The molecule has 3 nitrogen and oxygen atoms in total. The predicted molar refractivity (Wildman–Crippen MR) is 68.8 cm³/mol. The second-order valence-corrected chi connectivity index (χ2v) is 5.73. The number of aromatic nitrogens is 1. The number of hydrogen-bond donors (Lipinski definition) is 1. The molecule has 0 fully saturated rings. The van der Waals surface area contributed by atoms with Crippen LogP contribution in [0.1, 0.15) is 39.1 Å². The molecule has 0 radical (unpaired) electrons. The van der Waals surface area contributed by atoms with Crippen LogP contribution in [0.25, 0.3) is 0 Å². The van der Waals surface area contributed by atoms with Crippen molar-refractivity contribution in [1.29, 1.82) is 0 Å². The molecule has 0 spiro atoms. The molecule has 0 aromatic carbocycles. The van der Waals surface area contributed by atoms with E-state index in [2.05, 4.69) is 38.0 Å². The Morgan fingerprint density at radius 1 is 1.44 bits per heavy atom.